The molecule has 3 heterocycles. The van der Waals surface area contributed by atoms with Crippen LogP contribution in [0.25, 0.3) is 0 Å². The summed E-state index contributed by atoms with van der Waals surface area (Å²) >= 11 is 0. The first-order chi connectivity index (χ1) is 12.2. The first kappa shape index (κ1) is 16.5. The number of ether oxygens (including phenoxy) is 2. The van der Waals surface area contributed by atoms with Crippen LogP contribution in [-0.2, 0) is 19.7 Å². The van der Waals surface area contributed by atoms with Gasteiger partial charge < -0.3 is 14.8 Å². The number of methoxy groups -OCH3 is 2. The van der Waals surface area contributed by atoms with Gasteiger partial charge in [-0.2, -0.15) is 0 Å². The fourth-order valence-electron chi connectivity index (χ4n) is 5.14. The smallest absolute Gasteiger partial charge is 0.337 e. The van der Waals surface area contributed by atoms with Gasteiger partial charge in [0.05, 0.1) is 26.1 Å². The topological polar surface area (TPSA) is 50.8 Å². The van der Waals surface area contributed by atoms with Crippen molar-refractivity contribution >= 4 is 11.7 Å². The summed E-state index contributed by atoms with van der Waals surface area (Å²) in [5, 5.41) is 3.61. The number of hydrogen-bond acceptors (Lipinski definition) is 5. The number of hydrogen-bond donors (Lipinski definition) is 1. The van der Waals surface area contributed by atoms with Crippen molar-refractivity contribution in [3.63, 3.8) is 0 Å². The van der Waals surface area contributed by atoms with Gasteiger partial charge in [-0.1, -0.05) is 18.2 Å². The van der Waals surface area contributed by atoms with E-state index in [-0.39, 0.29) is 17.3 Å². The zero-order chi connectivity index (χ0) is 17.4. The first-order valence-electron chi connectivity index (χ1n) is 9.08. The van der Waals surface area contributed by atoms with Gasteiger partial charge >= 0.3 is 5.97 Å². The molecule has 0 amide bonds. The van der Waals surface area contributed by atoms with Gasteiger partial charge in [-0.25, -0.2) is 4.79 Å². The molecule has 2 fully saturated rings. The summed E-state index contributed by atoms with van der Waals surface area (Å²) in [5.74, 6) is -0.0753. The second-order valence-corrected chi connectivity index (χ2v) is 7.38. The number of nitrogens with one attached hydrogen (secondary N) is 1. The van der Waals surface area contributed by atoms with E-state index in [0.717, 1.165) is 32.5 Å². The number of fused-ring (bicyclic) bond motifs is 4. The van der Waals surface area contributed by atoms with Crippen LogP contribution >= 0.6 is 0 Å². The number of carbonyl (C=O) groups is 1. The maximum Gasteiger partial charge on any atom is 0.337 e. The van der Waals surface area contributed by atoms with Crippen LogP contribution in [0.15, 0.2) is 36.1 Å². The highest BCUT2D eigenvalue weighted by atomic mass is 16.5. The van der Waals surface area contributed by atoms with Crippen LogP contribution < -0.4 is 5.32 Å². The van der Waals surface area contributed by atoms with Crippen molar-refractivity contribution in [2.75, 3.05) is 39.2 Å². The molecule has 1 aromatic carbocycles. The van der Waals surface area contributed by atoms with Crippen LogP contribution in [0.5, 0.6) is 0 Å². The lowest BCUT2D eigenvalue weighted by molar-refractivity contribution is -0.137. The maximum absolute atomic E-state index is 12.2. The third-order valence-corrected chi connectivity index (χ3v) is 6.36. The van der Waals surface area contributed by atoms with Crippen LogP contribution in [0.1, 0.15) is 24.8 Å². The third kappa shape index (κ3) is 2.53. The number of anilines is 1. The Balaban J connectivity index is 1.64. The molecule has 3 unspecified atom stereocenters. The largest absolute Gasteiger partial charge is 0.504 e. The number of benzene rings is 1. The molecule has 3 aliphatic heterocycles. The van der Waals surface area contributed by atoms with E-state index in [2.05, 4.69) is 34.5 Å². The number of esters is 1. The Bertz CT molecular complexity index is 702. The minimum atomic E-state index is -0.266. The van der Waals surface area contributed by atoms with Gasteiger partial charge in [0.25, 0.3) is 0 Å². The van der Waals surface area contributed by atoms with Crippen molar-refractivity contribution in [1.29, 1.82) is 0 Å². The predicted octanol–water partition coefficient (Wildman–Crippen LogP) is 2.54. The lowest BCUT2D eigenvalue weighted by atomic mass is 9.70. The first-order valence-corrected chi connectivity index (χ1v) is 9.08. The van der Waals surface area contributed by atoms with E-state index in [1.54, 1.807) is 13.4 Å². The molecule has 25 heavy (non-hydrogen) atoms. The Morgan fingerprint density at radius 3 is 2.96 bits per heavy atom. The number of nitrogens with zero attached hydrogens (tertiary/aromatic N) is 1. The molecule has 2 saturated heterocycles. The van der Waals surface area contributed by atoms with E-state index in [0.29, 0.717) is 11.6 Å². The number of carbonyl (C=O) groups excluding carboxylic acids is 1. The number of piperidine rings is 1. The molecule has 0 aromatic heterocycles. The highest BCUT2D eigenvalue weighted by molar-refractivity contribution is 5.88. The van der Waals surface area contributed by atoms with Gasteiger partial charge in [0.1, 0.15) is 0 Å². The molecule has 1 aromatic rings. The number of rotatable bonds is 3. The molecule has 1 N–H and O–H groups in total. The summed E-state index contributed by atoms with van der Waals surface area (Å²) in [6.07, 6.45) is 4.71. The zero-order valence-corrected chi connectivity index (χ0v) is 15.0. The molecular weight excluding hydrogens is 316 g/mol. The summed E-state index contributed by atoms with van der Waals surface area (Å²) < 4.78 is 10.2. The van der Waals surface area contributed by atoms with Crippen LogP contribution in [0.3, 0.4) is 0 Å². The molecule has 5 heteroatoms. The number of para-hydroxylation sites is 1. The fourth-order valence-corrected chi connectivity index (χ4v) is 5.14. The van der Waals surface area contributed by atoms with Gasteiger partial charge in [0.2, 0.25) is 0 Å². The van der Waals surface area contributed by atoms with Crippen molar-refractivity contribution < 1.29 is 14.3 Å². The monoisotopic (exact) mass is 342 g/mol. The van der Waals surface area contributed by atoms with Gasteiger partial charge in [-0.05, 0) is 49.9 Å². The third-order valence-electron chi connectivity index (χ3n) is 6.36. The van der Waals surface area contributed by atoms with Gasteiger partial charge in [0.15, 0.2) is 0 Å². The van der Waals surface area contributed by atoms with Crippen LogP contribution in [0, 0.1) is 5.92 Å². The van der Waals surface area contributed by atoms with Crippen molar-refractivity contribution in [1.82, 2.24) is 4.90 Å². The molecule has 134 valence electrons. The lowest BCUT2D eigenvalue weighted by Crippen LogP contribution is -2.49. The zero-order valence-electron chi connectivity index (χ0n) is 15.0. The fraction of sp³-hybridized carbons (Fsp3) is 0.550. The van der Waals surface area contributed by atoms with E-state index in [1.165, 1.54) is 24.8 Å². The van der Waals surface area contributed by atoms with Crippen molar-refractivity contribution in [3.8, 4) is 0 Å². The highest BCUT2D eigenvalue weighted by Crippen LogP contribution is 2.51. The molecule has 4 rings (SSSR count). The Morgan fingerprint density at radius 2 is 2.16 bits per heavy atom. The van der Waals surface area contributed by atoms with Crippen molar-refractivity contribution in [3.05, 3.63) is 41.7 Å². The average Bonchev–Trinajstić information content (AvgIpc) is 3.22. The summed E-state index contributed by atoms with van der Waals surface area (Å²) in [5.41, 5.74) is 3.54. The Hall–Kier alpha value is -2.01. The summed E-state index contributed by atoms with van der Waals surface area (Å²) in [4.78, 5) is 14.8. The molecule has 1 spiro atoms. The molecule has 0 aliphatic carbocycles. The van der Waals surface area contributed by atoms with E-state index >= 15 is 0 Å². The standard InChI is InChI=1S/C20H26N2O3/c1-24-12-15(19(23)25-2)14-7-9-22-10-8-20(18(22)11-14)13-21-17-6-4-3-5-16(17)20/h3-6,12,14,18,21H,7-11,13H2,1-2H3. The van der Waals surface area contributed by atoms with Crippen molar-refractivity contribution in [2.45, 2.75) is 30.7 Å². The SMILES string of the molecule is COC=C(C(=O)OC)C1CCN2CCC3(CNc4ccccc43)C2C1. The van der Waals surface area contributed by atoms with E-state index in [4.69, 9.17) is 9.47 Å². The lowest BCUT2D eigenvalue weighted by Gasteiger charge is -2.42. The normalized spacial score (nSPS) is 31.4. The average molecular weight is 342 g/mol. The second kappa shape index (κ2) is 6.37. The summed E-state index contributed by atoms with van der Waals surface area (Å²) in [7, 11) is 3.03. The minimum Gasteiger partial charge on any atom is -0.504 e. The van der Waals surface area contributed by atoms with Crippen LogP contribution in [0.4, 0.5) is 5.69 Å². The quantitative estimate of drug-likeness (QED) is 0.520. The van der Waals surface area contributed by atoms with E-state index < -0.39 is 0 Å². The summed E-state index contributed by atoms with van der Waals surface area (Å²) in [6.45, 7) is 3.15. The second-order valence-electron chi connectivity index (χ2n) is 7.38. The van der Waals surface area contributed by atoms with E-state index in [9.17, 15) is 4.79 Å². The molecule has 3 atom stereocenters. The van der Waals surface area contributed by atoms with Gasteiger partial charge in [-0.15, -0.1) is 0 Å². The predicted molar refractivity (Wildman–Crippen MR) is 96.4 cm³/mol. The van der Waals surface area contributed by atoms with E-state index in [1.807, 2.05) is 0 Å². The Labute approximate surface area is 149 Å². The van der Waals surface area contributed by atoms with Crippen LogP contribution in [-0.4, -0.2) is 50.8 Å². The molecule has 3 aliphatic rings. The Morgan fingerprint density at radius 1 is 1.32 bits per heavy atom. The molecule has 0 radical (unpaired) electrons. The van der Waals surface area contributed by atoms with Gasteiger partial charge in [0, 0.05) is 23.7 Å². The van der Waals surface area contributed by atoms with Gasteiger partial charge in [-0.3, -0.25) is 4.90 Å². The highest BCUT2D eigenvalue weighted by Gasteiger charge is 2.53. The minimum absolute atomic E-state index is 0.156. The Kier molecular flexibility index (Phi) is 4.20. The summed E-state index contributed by atoms with van der Waals surface area (Å²) in [6, 6.07) is 9.14. The molecule has 5 nitrogen and oxygen atoms in total. The van der Waals surface area contributed by atoms with Crippen LogP contribution in [0.2, 0.25) is 0 Å². The molecule has 0 saturated carbocycles. The molecular formula is C20H26N2O3. The van der Waals surface area contributed by atoms with Crippen molar-refractivity contribution in [2.24, 2.45) is 5.92 Å². The molecule has 0 bridgehead atoms. The maximum atomic E-state index is 12.2.